The first kappa shape index (κ1) is 17.0. The second-order valence-electron chi connectivity index (χ2n) is 6.81. The lowest BCUT2D eigenvalue weighted by Crippen LogP contribution is -2.41. The number of nitrogens with zero attached hydrogens (tertiary/aromatic N) is 1. The molecule has 1 aliphatic heterocycles. The average molecular weight is 349 g/mol. The second-order valence-corrected chi connectivity index (χ2v) is 7.25. The highest BCUT2D eigenvalue weighted by molar-refractivity contribution is 6.30. The lowest BCUT2D eigenvalue weighted by Gasteiger charge is -2.30. The molecule has 2 aliphatic rings. The van der Waals surface area contributed by atoms with Crippen molar-refractivity contribution in [1.82, 2.24) is 4.90 Å². The van der Waals surface area contributed by atoms with E-state index in [1.165, 1.54) is 0 Å². The van der Waals surface area contributed by atoms with Crippen molar-refractivity contribution >= 4 is 35.0 Å². The molecule has 5 nitrogen and oxygen atoms in total. The SMILES string of the molecule is Cc1cc(Cl)ccc1NC(=O)CN1C(=O)CC2(CCCCC2)C1=O. The van der Waals surface area contributed by atoms with Gasteiger partial charge < -0.3 is 5.32 Å². The molecule has 1 heterocycles. The minimum atomic E-state index is -0.550. The molecule has 1 aromatic rings. The number of hydrogen-bond donors (Lipinski definition) is 1. The van der Waals surface area contributed by atoms with Gasteiger partial charge in [-0.2, -0.15) is 0 Å². The zero-order chi connectivity index (χ0) is 17.3. The van der Waals surface area contributed by atoms with Gasteiger partial charge in [0, 0.05) is 17.1 Å². The van der Waals surface area contributed by atoms with E-state index in [0.717, 1.165) is 42.6 Å². The van der Waals surface area contributed by atoms with Crippen molar-refractivity contribution in [2.24, 2.45) is 5.41 Å². The van der Waals surface area contributed by atoms with E-state index in [9.17, 15) is 14.4 Å². The van der Waals surface area contributed by atoms with Crippen LogP contribution in [0.15, 0.2) is 18.2 Å². The molecule has 2 fully saturated rings. The molecule has 1 saturated carbocycles. The van der Waals surface area contributed by atoms with Gasteiger partial charge in [0.25, 0.3) is 0 Å². The summed E-state index contributed by atoms with van der Waals surface area (Å²) in [5, 5.41) is 3.35. The Morgan fingerprint density at radius 1 is 1.25 bits per heavy atom. The van der Waals surface area contributed by atoms with E-state index in [0.29, 0.717) is 10.7 Å². The van der Waals surface area contributed by atoms with Crippen LogP contribution < -0.4 is 5.32 Å². The van der Waals surface area contributed by atoms with Crippen molar-refractivity contribution in [3.05, 3.63) is 28.8 Å². The molecule has 1 aliphatic carbocycles. The first-order valence-corrected chi connectivity index (χ1v) is 8.70. The van der Waals surface area contributed by atoms with Gasteiger partial charge in [-0.25, -0.2) is 0 Å². The number of halogens is 1. The van der Waals surface area contributed by atoms with Crippen LogP contribution in [0.5, 0.6) is 0 Å². The zero-order valence-electron chi connectivity index (χ0n) is 13.7. The molecule has 3 rings (SSSR count). The number of carbonyl (C=O) groups excluding carboxylic acids is 3. The quantitative estimate of drug-likeness (QED) is 0.852. The van der Waals surface area contributed by atoms with Gasteiger partial charge in [0.15, 0.2) is 0 Å². The van der Waals surface area contributed by atoms with Crippen LogP contribution in [0.25, 0.3) is 0 Å². The number of imide groups is 1. The van der Waals surface area contributed by atoms with Crippen molar-refractivity contribution < 1.29 is 14.4 Å². The Kier molecular flexibility index (Phi) is 4.63. The highest BCUT2D eigenvalue weighted by atomic mass is 35.5. The third-order valence-corrected chi connectivity index (χ3v) is 5.30. The number of hydrogen-bond acceptors (Lipinski definition) is 3. The Labute approximate surface area is 146 Å². The van der Waals surface area contributed by atoms with E-state index in [4.69, 9.17) is 11.6 Å². The number of aryl methyl sites for hydroxylation is 1. The van der Waals surface area contributed by atoms with Crippen molar-refractivity contribution in [1.29, 1.82) is 0 Å². The molecule has 0 bridgehead atoms. The zero-order valence-corrected chi connectivity index (χ0v) is 14.5. The van der Waals surface area contributed by atoms with Gasteiger partial charge in [0.1, 0.15) is 6.54 Å². The second kappa shape index (κ2) is 6.55. The molecule has 0 atom stereocenters. The van der Waals surface area contributed by atoms with E-state index in [-0.39, 0.29) is 30.7 Å². The van der Waals surface area contributed by atoms with Crippen molar-refractivity contribution in [2.45, 2.75) is 45.4 Å². The van der Waals surface area contributed by atoms with Crippen LogP contribution in [-0.4, -0.2) is 29.2 Å². The van der Waals surface area contributed by atoms with E-state index in [1.807, 2.05) is 6.92 Å². The van der Waals surface area contributed by atoms with Crippen molar-refractivity contribution in [2.75, 3.05) is 11.9 Å². The number of amides is 3. The van der Waals surface area contributed by atoms with Gasteiger partial charge in [0.05, 0.1) is 5.41 Å². The Morgan fingerprint density at radius 3 is 2.62 bits per heavy atom. The topological polar surface area (TPSA) is 66.5 Å². The van der Waals surface area contributed by atoms with Gasteiger partial charge in [-0.3, -0.25) is 19.3 Å². The summed E-state index contributed by atoms with van der Waals surface area (Å²) in [6.07, 6.45) is 4.82. The summed E-state index contributed by atoms with van der Waals surface area (Å²) in [6, 6.07) is 5.15. The predicted octanol–water partition coefficient (Wildman–Crippen LogP) is 3.30. The summed E-state index contributed by atoms with van der Waals surface area (Å²) in [6.45, 7) is 1.62. The third-order valence-electron chi connectivity index (χ3n) is 5.06. The molecule has 1 spiro atoms. The number of nitrogens with one attached hydrogen (secondary N) is 1. The number of rotatable bonds is 3. The van der Waals surface area contributed by atoms with Crippen LogP contribution in [0.1, 0.15) is 44.1 Å². The van der Waals surface area contributed by atoms with Crippen LogP contribution in [-0.2, 0) is 14.4 Å². The highest BCUT2D eigenvalue weighted by Crippen LogP contribution is 2.45. The fourth-order valence-corrected chi connectivity index (χ4v) is 3.97. The summed E-state index contributed by atoms with van der Waals surface area (Å²) in [7, 11) is 0. The van der Waals surface area contributed by atoms with E-state index < -0.39 is 5.41 Å². The smallest absolute Gasteiger partial charge is 0.244 e. The third kappa shape index (κ3) is 3.18. The van der Waals surface area contributed by atoms with Gasteiger partial charge in [-0.1, -0.05) is 30.9 Å². The maximum absolute atomic E-state index is 12.7. The van der Waals surface area contributed by atoms with Crippen LogP contribution in [0.2, 0.25) is 5.02 Å². The van der Waals surface area contributed by atoms with Crippen LogP contribution >= 0.6 is 11.6 Å². The monoisotopic (exact) mass is 348 g/mol. The summed E-state index contributed by atoms with van der Waals surface area (Å²) in [5.74, 6) is -0.768. The lowest BCUT2D eigenvalue weighted by molar-refractivity contribution is -0.144. The normalized spacial score (nSPS) is 19.8. The first-order chi connectivity index (χ1) is 11.4. The van der Waals surface area contributed by atoms with Crippen LogP contribution in [0, 0.1) is 12.3 Å². The predicted molar refractivity (Wildman–Crippen MR) is 91.7 cm³/mol. The first-order valence-electron chi connectivity index (χ1n) is 8.32. The van der Waals surface area contributed by atoms with E-state index in [2.05, 4.69) is 5.32 Å². The van der Waals surface area contributed by atoms with E-state index >= 15 is 0 Å². The minimum Gasteiger partial charge on any atom is -0.324 e. The molecule has 1 saturated heterocycles. The summed E-state index contributed by atoms with van der Waals surface area (Å²) in [4.78, 5) is 38.4. The molecule has 3 amide bonds. The Balaban J connectivity index is 1.68. The highest BCUT2D eigenvalue weighted by Gasteiger charge is 2.51. The standard InChI is InChI=1S/C18H21ClN2O3/c1-12-9-13(19)5-6-14(12)20-15(22)11-21-16(23)10-18(17(21)24)7-3-2-4-8-18/h5-6,9H,2-4,7-8,10-11H2,1H3,(H,20,22). The Morgan fingerprint density at radius 2 is 1.96 bits per heavy atom. The molecule has 1 aromatic carbocycles. The van der Waals surface area contributed by atoms with Crippen LogP contribution in [0.4, 0.5) is 5.69 Å². The largest absolute Gasteiger partial charge is 0.324 e. The number of anilines is 1. The van der Waals surface area contributed by atoms with Gasteiger partial charge in [-0.05, 0) is 43.5 Å². The number of likely N-dealkylation sites (tertiary alicyclic amines) is 1. The Bertz CT molecular complexity index is 696. The molecule has 0 radical (unpaired) electrons. The molecular weight excluding hydrogens is 328 g/mol. The van der Waals surface area contributed by atoms with E-state index in [1.54, 1.807) is 18.2 Å². The van der Waals surface area contributed by atoms with Gasteiger partial charge >= 0.3 is 0 Å². The average Bonchev–Trinajstić information content (AvgIpc) is 2.75. The van der Waals surface area contributed by atoms with Crippen molar-refractivity contribution in [3.63, 3.8) is 0 Å². The summed E-state index contributed by atoms with van der Waals surface area (Å²) < 4.78 is 0. The summed E-state index contributed by atoms with van der Waals surface area (Å²) >= 11 is 5.90. The Hall–Kier alpha value is -1.88. The minimum absolute atomic E-state index is 0.171. The lowest BCUT2D eigenvalue weighted by atomic mass is 9.73. The molecule has 128 valence electrons. The maximum atomic E-state index is 12.7. The molecule has 6 heteroatoms. The molecular formula is C18H21ClN2O3. The summed E-state index contributed by atoms with van der Waals surface area (Å²) in [5.41, 5.74) is 0.917. The fraction of sp³-hybridized carbons (Fsp3) is 0.500. The number of carbonyl (C=O) groups is 3. The molecule has 0 aromatic heterocycles. The van der Waals surface area contributed by atoms with Gasteiger partial charge in [-0.15, -0.1) is 0 Å². The van der Waals surface area contributed by atoms with Gasteiger partial charge in [0.2, 0.25) is 17.7 Å². The van der Waals surface area contributed by atoms with Crippen molar-refractivity contribution in [3.8, 4) is 0 Å². The molecule has 24 heavy (non-hydrogen) atoms. The molecule has 0 unspecified atom stereocenters. The fourth-order valence-electron chi connectivity index (χ4n) is 3.74. The maximum Gasteiger partial charge on any atom is 0.244 e. The van der Waals surface area contributed by atoms with Crippen LogP contribution in [0.3, 0.4) is 0 Å². The molecule has 1 N–H and O–H groups in total. The number of benzene rings is 1.